The summed E-state index contributed by atoms with van der Waals surface area (Å²) in [5, 5.41) is 37.4. The van der Waals surface area contributed by atoms with E-state index in [-0.39, 0.29) is 17.9 Å². The zero-order valence-electron chi connectivity index (χ0n) is 18.5. The number of rotatable bonds is 8. The van der Waals surface area contributed by atoms with Gasteiger partial charge in [0.15, 0.2) is 0 Å². The Kier molecular flexibility index (Phi) is 8.87. The number of carbonyl (C=O) groups excluding carboxylic acids is 1. The topological polar surface area (TPSA) is 111 Å². The van der Waals surface area contributed by atoms with Crippen molar-refractivity contribution in [1.29, 1.82) is 0 Å². The summed E-state index contributed by atoms with van der Waals surface area (Å²) in [6.07, 6.45) is 5.84. The van der Waals surface area contributed by atoms with Crippen LogP contribution < -0.4 is 10.6 Å². The number of amides is 1. The first-order valence-corrected chi connectivity index (χ1v) is 12.9. The number of aliphatic hydroxyl groups excluding tert-OH is 3. The minimum Gasteiger partial charge on any atom is -0.388 e. The molecule has 8 heteroatoms. The highest BCUT2D eigenvalue weighted by atomic mass is 32.2. The van der Waals surface area contributed by atoms with Gasteiger partial charge in [-0.15, -0.1) is 11.8 Å². The van der Waals surface area contributed by atoms with Crippen molar-refractivity contribution in [2.24, 2.45) is 17.8 Å². The average molecular weight is 445 g/mol. The molecule has 0 aromatic carbocycles. The zero-order chi connectivity index (χ0) is 21.8. The highest BCUT2D eigenvalue weighted by molar-refractivity contribution is 7.99. The van der Waals surface area contributed by atoms with E-state index in [0.717, 1.165) is 25.3 Å². The molecule has 1 saturated carbocycles. The summed E-state index contributed by atoms with van der Waals surface area (Å²) < 4.78 is 5.91. The number of hydrogen-bond donors (Lipinski definition) is 5. The third-order valence-corrected chi connectivity index (χ3v) is 8.11. The highest BCUT2D eigenvalue weighted by Crippen LogP contribution is 2.34. The molecule has 8 atom stereocenters. The molecule has 0 bridgehead atoms. The lowest BCUT2D eigenvalue weighted by atomic mass is 9.78. The van der Waals surface area contributed by atoms with Crippen molar-refractivity contribution in [3.05, 3.63) is 0 Å². The standard InChI is InChI=1S/C22H40N2O5S/c1-12(2)16(20-18(26)17(25)19(27)22(29-20)30-3)24-21(28)15-11-14(9-10-23-15)8-7-13-5-4-6-13/h12-20,22-23,25-27H,4-11H2,1-3H3,(H,24,28)/t14?,15?,16?,17-,18+,19+,20+,22+/m1/s1. The molecule has 0 aromatic rings. The van der Waals surface area contributed by atoms with Gasteiger partial charge >= 0.3 is 0 Å². The Morgan fingerprint density at radius 3 is 2.40 bits per heavy atom. The Hall–Kier alpha value is -0.380. The molecule has 3 unspecified atom stereocenters. The van der Waals surface area contributed by atoms with Crippen molar-refractivity contribution < 1.29 is 24.9 Å². The van der Waals surface area contributed by atoms with Crippen LogP contribution in [-0.2, 0) is 9.53 Å². The van der Waals surface area contributed by atoms with Crippen LogP contribution in [-0.4, -0.2) is 76.0 Å². The molecular weight excluding hydrogens is 404 g/mol. The third-order valence-electron chi connectivity index (χ3n) is 7.26. The second-order valence-electron chi connectivity index (χ2n) is 9.73. The zero-order valence-corrected chi connectivity index (χ0v) is 19.3. The van der Waals surface area contributed by atoms with Gasteiger partial charge in [0.05, 0.1) is 12.1 Å². The predicted octanol–water partition coefficient (Wildman–Crippen LogP) is 1.25. The van der Waals surface area contributed by atoms with Gasteiger partial charge < -0.3 is 30.7 Å². The quantitative estimate of drug-likeness (QED) is 0.383. The normalized spacial score (nSPS) is 38.8. The molecule has 3 rings (SSSR count). The van der Waals surface area contributed by atoms with Gasteiger partial charge in [-0.3, -0.25) is 4.79 Å². The van der Waals surface area contributed by atoms with E-state index < -0.39 is 35.9 Å². The first-order chi connectivity index (χ1) is 14.3. The van der Waals surface area contributed by atoms with Gasteiger partial charge in [-0.05, 0) is 43.4 Å². The Morgan fingerprint density at radius 1 is 1.10 bits per heavy atom. The molecule has 1 amide bonds. The third kappa shape index (κ3) is 5.70. The lowest BCUT2D eigenvalue weighted by molar-refractivity contribution is -0.208. The van der Waals surface area contributed by atoms with E-state index in [1.807, 2.05) is 13.8 Å². The van der Waals surface area contributed by atoms with Crippen LogP contribution in [0.3, 0.4) is 0 Å². The molecule has 2 aliphatic heterocycles. The van der Waals surface area contributed by atoms with Crippen LogP contribution in [0.4, 0.5) is 0 Å². The number of carbonyl (C=O) groups is 1. The molecule has 0 radical (unpaired) electrons. The van der Waals surface area contributed by atoms with Crippen LogP contribution in [0.5, 0.6) is 0 Å². The van der Waals surface area contributed by atoms with Crippen LogP contribution in [0, 0.1) is 17.8 Å². The molecule has 5 N–H and O–H groups in total. The molecule has 3 fully saturated rings. The van der Waals surface area contributed by atoms with E-state index in [2.05, 4.69) is 10.6 Å². The summed E-state index contributed by atoms with van der Waals surface area (Å²) in [6.45, 7) is 4.77. The molecule has 3 aliphatic rings. The van der Waals surface area contributed by atoms with Gasteiger partial charge in [-0.2, -0.15) is 0 Å². The number of nitrogens with one attached hydrogen (secondary N) is 2. The Bertz CT molecular complexity index is 560. The average Bonchev–Trinajstić information content (AvgIpc) is 2.69. The van der Waals surface area contributed by atoms with Crippen LogP contribution in [0.25, 0.3) is 0 Å². The first-order valence-electron chi connectivity index (χ1n) is 11.6. The predicted molar refractivity (Wildman–Crippen MR) is 118 cm³/mol. The van der Waals surface area contributed by atoms with E-state index in [0.29, 0.717) is 5.92 Å². The molecule has 2 heterocycles. The van der Waals surface area contributed by atoms with Gasteiger partial charge in [0, 0.05) is 0 Å². The monoisotopic (exact) mass is 444 g/mol. The number of thioether (sulfide) groups is 1. The second-order valence-corrected chi connectivity index (χ2v) is 10.7. The lowest BCUT2D eigenvalue weighted by Crippen LogP contribution is -2.65. The van der Waals surface area contributed by atoms with Gasteiger partial charge in [-0.25, -0.2) is 0 Å². The van der Waals surface area contributed by atoms with E-state index in [9.17, 15) is 20.1 Å². The van der Waals surface area contributed by atoms with Crippen molar-refractivity contribution in [1.82, 2.24) is 10.6 Å². The number of ether oxygens (including phenoxy) is 1. The van der Waals surface area contributed by atoms with Gasteiger partial charge in [0.2, 0.25) is 5.91 Å². The largest absolute Gasteiger partial charge is 0.388 e. The molecule has 174 valence electrons. The van der Waals surface area contributed by atoms with Crippen LogP contribution in [0.2, 0.25) is 0 Å². The Labute approximate surface area is 184 Å². The van der Waals surface area contributed by atoms with Crippen LogP contribution in [0.1, 0.15) is 58.8 Å². The van der Waals surface area contributed by atoms with Crippen LogP contribution >= 0.6 is 11.8 Å². The summed E-state index contributed by atoms with van der Waals surface area (Å²) in [5.74, 6) is 1.40. The summed E-state index contributed by atoms with van der Waals surface area (Å²) in [6, 6.07) is -0.694. The minimum atomic E-state index is -1.30. The van der Waals surface area contributed by atoms with E-state index in [1.165, 1.54) is 43.9 Å². The first kappa shape index (κ1) is 24.3. The molecule has 0 aromatic heterocycles. The fourth-order valence-corrected chi connectivity index (χ4v) is 5.65. The van der Waals surface area contributed by atoms with Crippen molar-refractivity contribution in [3.8, 4) is 0 Å². The van der Waals surface area contributed by atoms with Gasteiger partial charge in [0.25, 0.3) is 0 Å². The molecule has 2 saturated heterocycles. The fourth-order valence-electron chi connectivity index (χ4n) is 4.97. The molecular formula is C22H40N2O5S. The van der Waals surface area contributed by atoms with Crippen molar-refractivity contribution >= 4 is 17.7 Å². The van der Waals surface area contributed by atoms with Crippen LogP contribution in [0.15, 0.2) is 0 Å². The molecule has 1 aliphatic carbocycles. The van der Waals surface area contributed by atoms with Crippen molar-refractivity contribution in [3.63, 3.8) is 0 Å². The smallest absolute Gasteiger partial charge is 0.237 e. The van der Waals surface area contributed by atoms with Gasteiger partial charge in [-0.1, -0.05) is 46.0 Å². The lowest BCUT2D eigenvalue weighted by Gasteiger charge is -2.44. The molecule has 0 spiro atoms. The Balaban J connectivity index is 1.59. The van der Waals surface area contributed by atoms with E-state index >= 15 is 0 Å². The maximum Gasteiger partial charge on any atom is 0.237 e. The number of hydrogen-bond acceptors (Lipinski definition) is 7. The van der Waals surface area contributed by atoms with E-state index in [1.54, 1.807) is 6.26 Å². The number of aliphatic hydroxyl groups is 3. The summed E-state index contributed by atoms with van der Waals surface area (Å²) >= 11 is 1.29. The van der Waals surface area contributed by atoms with Crippen molar-refractivity contribution in [2.45, 2.75) is 101 Å². The SMILES string of the molecule is CS[C@@H]1O[C@@H](C(NC(=O)C2CC(CCC3CCC3)CCN2)C(C)C)[C@@H](O)[C@@H](O)[C@@H]1O. The fraction of sp³-hybridized carbons (Fsp3) is 0.955. The molecule has 7 nitrogen and oxygen atoms in total. The van der Waals surface area contributed by atoms with Gasteiger partial charge in [0.1, 0.15) is 29.9 Å². The van der Waals surface area contributed by atoms with E-state index in [4.69, 9.17) is 4.74 Å². The second kappa shape index (κ2) is 11.0. The molecule has 30 heavy (non-hydrogen) atoms. The Morgan fingerprint density at radius 2 is 1.80 bits per heavy atom. The highest BCUT2D eigenvalue weighted by Gasteiger charge is 2.47. The number of piperidine rings is 1. The summed E-state index contributed by atoms with van der Waals surface area (Å²) in [4.78, 5) is 13.1. The minimum absolute atomic E-state index is 0.00319. The maximum atomic E-state index is 13.1. The maximum absolute atomic E-state index is 13.1. The van der Waals surface area contributed by atoms with Crippen molar-refractivity contribution in [2.75, 3.05) is 12.8 Å². The summed E-state index contributed by atoms with van der Waals surface area (Å²) in [5.41, 5.74) is -0.643. The summed E-state index contributed by atoms with van der Waals surface area (Å²) in [7, 11) is 0.